The molecule has 0 aliphatic heterocycles. The van der Waals surface area contributed by atoms with E-state index in [2.05, 4.69) is 9.47 Å². The molecule has 0 aromatic carbocycles. The predicted molar refractivity (Wildman–Crippen MR) is 71.0 cm³/mol. The van der Waals surface area contributed by atoms with Crippen molar-refractivity contribution in [3.05, 3.63) is 0 Å². The lowest BCUT2D eigenvalue weighted by atomic mass is 10.1. The first-order valence-electron chi connectivity index (χ1n) is 6.69. The van der Waals surface area contributed by atoms with Gasteiger partial charge in [0.1, 0.15) is 11.6 Å². The molecule has 0 heterocycles. The van der Waals surface area contributed by atoms with Gasteiger partial charge in [-0.1, -0.05) is 0 Å². The van der Waals surface area contributed by atoms with Crippen LogP contribution in [0, 0.1) is 0 Å². The van der Waals surface area contributed by atoms with Crippen LogP contribution in [-0.2, 0) is 28.7 Å². The van der Waals surface area contributed by atoms with Crippen molar-refractivity contribution in [3.8, 4) is 0 Å². The maximum Gasteiger partial charge on any atom is 0.305 e. The van der Waals surface area contributed by atoms with Crippen LogP contribution in [0.5, 0.6) is 0 Å². The quantitative estimate of drug-likeness (QED) is 0.536. The third kappa shape index (κ3) is 11.4. The molecular formula is C14H22O6. The fourth-order valence-corrected chi connectivity index (χ4v) is 1.57. The molecule has 0 aromatic rings. The highest BCUT2D eigenvalue weighted by atomic mass is 16.5. The van der Waals surface area contributed by atoms with Gasteiger partial charge in [-0.15, -0.1) is 0 Å². The number of carbonyl (C=O) groups is 4. The molecule has 0 aliphatic carbocycles. The van der Waals surface area contributed by atoms with E-state index in [9.17, 15) is 19.2 Å². The van der Waals surface area contributed by atoms with Gasteiger partial charge in [-0.25, -0.2) is 0 Å². The average molecular weight is 286 g/mol. The van der Waals surface area contributed by atoms with E-state index in [1.54, 1.807) is 0 Å². The molecule has 0 bridgehead atoms. The van der Waals surface area contributed by atoms with E-state index in [0.717, 1.165) is 0 Å². The summed E-state index contributed by atoms with van der Waals surface area (Å²) < 4.78 is 9.12. The Morgan fingerprint density at radius 2 is 1.30 bits per heavy atom. The number of methoxy groups -OCH3 is 1. The summed E-state index contributed by atoms with van der Waals surface area (Å²) in [6, 6.07) is 0. The Kier molecular flexibility index (Phi) is 10.2. The van der Waals surface area contributed by atoms with Crippen LogP contribution in [0.15, 0.2) is 0 Å². The van der Waals surface area contributed by atoms with Crippen LogP contribution < -0.4 is 0 Å². The third-order valence-corrected chi connectivity index (χ3v) is 2.66. The van der Waals surface area contributed by atoms with Crippen LogP contribution >= 0.6 is 0 Å². The molecule has 0 atom stereocenters. The Morgan fingerprint density at radius 3 is 1.80 bits per heavy atom. The van der Waals surface area contributed by atoms with Crippen molar-refractivity contribution < 1.29 is 28.7 Å². The summed E-state index contributed by atoms with van der Waals surface area (Å²) in [7, 11) is 1.31. The molecule has 0 spiro atoms. The molecule has 0 N–H and O–H groups in total. The van der Waals surface area contributed by atoms with Gasteiger partial charge in [0.2, 0.25) is 0 Å². The fourth-order valence-electron chi connectivity index (χ4n) is 1.57. The van der Waals surface area contributed by atoms with Crippen molar-refractivity contribution in [3.63, 3.8) is 0 Å². The molecule has 20 heavy (non-hydrogen) atoms. The fraction of sp³-hybridized carbons (Fsp3) is 0.714. The SMILES string of the molecule is COC(=O)CCCC(=O)CCCC(=O)CCOC(C)=O. The number of hydrogen-bond donors (Lipinski definition) is 0. The molecule has 0 fully saturated rings. The van der Waals surface area contributed by atoms with Crippen molar-refractivity contribution in [1.29, 1.82) is 0 Å². The highest BCUT2D eigenvalue weighted by Crippen LogP contribution is 2.06. The lowest BCUT2D eigenvalue weighted by molar-refractivity contribution is -0.142. The Balaban J connectivity index is 3.53. The second-order valence-corrected chi connectivity index (χ2v) is 4.45. The Bertz CT molecular complexity index is 348. The average Bonchev–Trinajstić information content (AvgIpc) is 2.38. The molecule has 0 aliphatic rings. The number of esters is 2. The van der Waals surface area contributed by atoms with Crippen LogP contribution in [0.25, 0.3) is 0 Å². The number of rotatable bonds is 11. The van der Waals surface area contributed by atoms with E-state index in [4.69, 9.17) is 0 Å². The number of ketones is 2. The lowest BCUT2D eigenvalue weighted by Gasteiger charge is -2.02. The zero-order valence-electron chi connectivity index (χ0n) is 12.1. The number of hydrogen-bond acceptors (Lipinski definition) is 6. The smallest absolute Gasteiger partial charge is 0.305 e. The lowest BCUT2D eigenvalue weighted by Crippen LogP contribution is -2.08. The largest absolute Gasteiger partial charge is 0.469 e. The first kappa shape index (κ1) is 18.3. The van der Waals surface area contributed by atoms with Crippen molar-refractivity contribution in [2.24, 2.45) is 0 Å². The summed E-state index contributed by atoms with van der Waals surface area (Å²) in [6.07, 6.45) is 2.38. The molecule has 114 valence electrons. The van der Waals surface area contributed by atoms with E-state index in [0.29, 0.717) is 32.1 Å². The van der Waals surface area contributed by atoms with E-state index in [1.165, 1.54) is 14.0 Å². The van der Waals surface area contributed by atoms with Crippen LogP contribution in [0.1, 0.15) is 51.9 Å². The van der Waals surface area contributed by atoms with Crippen LogP contribution in [0.2, 0.25) is 0 Å². The van der Waals surface area contributed by atoms with Gasteiger partial charge in [0.05, 0.1) is 13.7 Å². The van der Waals surface area contributed by atoms with Crippen LogP contribution in [0.4, 0.5) is 0 Å². The predicted octanol–water partition coefficient (Wildman–Crippen LogP) is 1.59. The minimum absolute atomic E-state index is 0.0198. The summed E-state index contributed by atoms with van der Waals surface area (Å²) >= 11 is 0. The maximum atomic E-state index is 11.5. The summed E-state index contributed by atoms with van der Waals surface area (Å²) in [5, 5.41) is 0. The van der Waals surface area contributed by atoms with Crippen molar-refractivity contribution in [2.75, 3.05) is 13.7 Å². The van der Waals surface area contributed by atoms with Crippen LogP contribution in [0.3, 0.4) is 0 Å². The van der Waals surface area contributed by atoms with Crippen molar-refractivity contribution >= 4 is 23.5 Å². The first-order valence-corrected chi connectivity index (χ1v) is 6.69. The Hall–Kier alpha value is -1.72. The third-order valence-electron chi connectivity index (χ3n) is 2.66. The standard InChI is InChI=1S/C14H22O6/c1-11(15)20-10-9-13(17)6-3-5-12(16)7-4-8-14(18)19-2/h3-10H2,1-2H3. The van der Waals surface area contributed by atoms with Gasteiger partial charge in [0.15, 0.2) is 0 Å². The molecule has 0 rings (SSSR count). The summed E-state index contributed by atoms with van der Waals surface area (Å²) in [4.78, 5) is 44.2. The zero-order chi connectivity index (χ0) is 15.4. The number of carbonyl (C=O) groups excluding carboxylic acids is 4. The van der Waals surface area contributed by atoms with Gasteiger partial charge in [0.25, 0.3) is 0 Å². The van der Waals surface area contributed by atoms with E-state index in [1.807, 2.05) is 0 Å². The summed E-state index contributed by atoms with van der Waals surface area (Å²) in [5.41, 5.74) is 0. The highest BCUT2D eigenvalue weighted by Gasteiger charge is 2.08. The molecule has 0 amide bonds. The summed E-state index contributed by atoms with van der Waals surface area (Å²) in [5.74, 6) is -0.702. The van der Waals surface area contributed by atoms with E-state index in [-0.39, 0.29) is 37.0 Å². The maximum absolute atomic E-state index is 11.5. The Labute approximate surface area is 118 Å². The molecule has 0 aromatic heterocycles. The monoisotopic (exact) mass is 286 g/mol. The molecule has 0 unspecified atom stereocenters. The van der Waals surface area contributed by atoms with E-state index >= 15 is 0 Å². The second kappa shape index (κ2) is 11.1. The Morgan fingerprint density at radius 1 is 0.800 bits per heavy atom. The summed E-state index contributed by atoms with van der Waals surface area (Å²) in [6.45, 7) is 1.39. The zero-order valence-corrected chi connectivity index (χ0v) is 12.1. The van der Waals surface area contributed by atoms with Crippen molar-refractivity contribution in [2.45, 2.75) is 51.9 Å². The van der Waals surface area contributed by atoms with Crippen LogP contribution in [-0.4, -0.2) is 37.2 Å². The van der Waals surface area contributed by atoms with E-state index < -0.39 is 5.97 Å². The minimum atomic E-state index is -0.404. The molecule has 0 saturated heterocycles. The van der Waals surface area contributed by atoms with Gasteiger partial charge in [-0.05, 0) is 12.8 Å². The molecule has 0 radical (unpaired) electrons. The van der Waals surface area contributed by atoms with Gasteiger partial charge >= 0.3 is 11.9 Å². The van der Waals surface area contributed by atoms with Gasteiger partial charge in [-0.2, -0.15) is 0 Å². The first-order chi connectivity index (χ1) is 9.45. The number of ether oxygens (including phenoxy) is 2. The molecule has 6 heteroatoms. The molecule has 0 saturated carbocycles. The molecule has 6 nitrogen and oxygen atoms in total. The van der Waals surface area contributed by atoms with Gasteiger partial charge in [0, 0.05) is 39.0 Å². The van der Waals surface area contributed by atoms with Gasteiger partial charge in [-0.3, -0.25) is 19.2 Å². The molecular weight excluding hydrogens is 264 g/mol. The normalized spacial score (nSPS) is 9.90. The van der Waals surface area contributed by atoms with Crippen molar-refractivity contribution in [1.82, 2.24) is 0 Å². The minimum Gasteiger partial charge on any atom is -0.469 e. The highest BCUT2D eigenvalue weighted by molar-refractivity contribution is 5.81. The van der Waals surface area contributed by atoms with Gasteiger partial charge < -0.3 is 9.47 Å². The number of Topliss-reactive ketones (excluding diaryl/α,β-unsaturated/α-hetero) is 2. The second-order valence-electron chi connectivity index (χ2n) is 4.45. The topological polar surface area (TPSA) is 86.7 Å².